The number of rotatable bonds is 2. The third-order valence-corrected chi connectivity index (χ3v) is 3.86. The Bertz CT molecular complexity index is 286. The minimum atomic E-state index is -0.893. The number of esters is 1. The highest BCUT2D eigenvalue weighted by atomic mass is 16.5. The van der Waals surface area contributed by atoms with Crippen molar-refractivity contribution in [3.63, 3.8) is 0 Å². The molecule has 1 saturated carbocycles. The van der Waals surface area contributed by atoms with Crippen LogP contribution in [0.4, 0.5) is 0 Å². The van der Waals surface area contributed by atoms with Gasteiger partial charge in [-0.1, -0.05) is 13.8 Å². The van der Waals surface area contributed by atoms with Crippen LogP contribution in [0.15, 0.2) is 0 Å². The van der Waals surface area contributed by atoms with Crippen molar-refractivity contribution in [2.24, 2.45) is 10.8 Å². The van der Waals surface area contributed by atoms with Crippen molar-refractivity contribution in [2.45, 2.75) is 32.3 Å². The van der Waals surface area contributed by atoms with E-state index in [2.05, 4.69) is 19.2 Å². The van der Waals surface area contributed by atoms with Crippen molar-refractivity contribution in [1.29, 1.82) is 0 Å². The molecule has 15 heavy (non-hydrogen) atoms. The number of hydrogen-bond acceptors (Lipinski definition) is 4. The molecule has 0 atom stereocenters. The quantitative estimate of drug-likeness (QED) is 0.648. The fraction of sp³-hybridized carbons (Fsp3) is 0.909. The lowest BCUT2D eigenvalue weighted by Crippen LogP contribution is -2.75. The van der Waals surface area contributed by atoms with Gasteiger partial charge >= 0.3 is 5.97 Å². The van der Waals surface area contributed by atoms with Gasteiger partial charge in [-0.05, 0) is 18.3 Å². The second-order valence-corrected chi connectivity index (χ2v) is 5.73. The Morgan fingerprint density at radius 3 is 2.13 bits per heavy atom. The number of hydrogen-bond donors (Lipinski definition) is 2. The van der Waals surface area contributed by atoms with E-state index < -0.39 is 11.0 Å². The Morgan fingerprint density at radius 2 is 1.87 bits per heavy atom. The van der Waals surface area contributed by atoms with E-state index in [1.54, 1.807) is 0 Å². The van der Waals surface area contributed by atoms with Crippen LogP contribution in [0.3, 0.4) is 0 Å². The lowest BCUT2D eigenvalue weighted by molar-refractivity contribution is -0.219. The molecule has 1 aliphatic heterocycles. The van der Waals surface area contributed by atoms with Gasteiger partial charge in [-0.3, -0.25) is 4.79 Å². The average molecular weight is 213 g/mol. The standard InChI is InChI=1S/C11H19NO3/c1-9(2)4-10(5-9,8(13)15-3)11(14)6-12-7-11/h12,14H,4-7H2,1-3H3. The Labute approximate surface area is 90.0 Å². The number of ether oxygens (including phenoxy) is 1. The van der Waals surface area contributed by atoms with E-state index in [-0.39, 0.29) is 11.4 Å². The van der Waals surface area contributed by atoms with Crippen molar-refractivity contribution >= 4 is 5.97 Å². The van der Waals surface area contributed by atoms with Gasteiger partial charge in [0.15, 0.2) is 0 Å². The van der Waals surface area contributed by atoms with Crippen LogP contribution in [0.5, 0.6) is 0 Å². The molecule has 0 radical (unpaired) electrons. The lowest BCUT2D eigenvalue weighted by atomic mass is 9.47. The highest BCUT2D eigenvalue weighted by molar-refractivity contribution is 5.80. The smallest absolute Gasteiger partial charge is 0.314 e. The van der Waals surface area contributed by atoms with Crippen molar-refractivity contribution in [3.8, 4) is 0 Å². The summed E-state index contributed by atoms with van der Waals surface area (Å²) in [5.74, 6) is -0.258. The summed E-state index contributed by atoms with van der Waals surface area (Å²) in [5.41, 5.74) is -1.42. The molecule has 1 aliphatic carbocycles. The van der Waals surface area contributed by atoms with Crippen LogP contribution in [0.1, 0.15) is 26.7 Å². The summed E-state index contributed by atoms with van der Waals surface area (Å²) in [6.07, 6.45) is 1.43. The van der Waals surface area contributed by atoms with E-state index in [1.165, 1.54) is 7.11 Å². The highest BCUT2D eigenvalue weighted by Gasteiger charge is 2.67. The SMILES string of the molecule is COC(=O)C1(C2(O)CNC2)CC(C)(C)C1. The van der Waals surface area contributed by atoms with Gasteiger partial charge in [0.05, 0.1) is 7.11 Å². The Balaban J connectivity index is 2.23. The Hall–Kier alpha value is -0.610. The molecule has 0 unspecified atom stereocenters. The average Bonchev–Trinajstić information content (AvgIpc) is 2.08. The van der Waals surface area contributed by atoms with Crippen LogP contribution in [-0.2, 0) is 9.53 Å². The topological polar surface area (TPSA) is 58.6 Å². The Kier molecular flexibility index (Phi) is 2.14. The molecular weight excluding hydrogens is 194 g/mol. The molecule has 4 nitrogen and oxygen atoms in total. The predicted octanol–water partition coefficient (Wildman–Crippen LogP) is 0.300. The zero-order valence-corrected chi connectivity index (χ0v) is 9.59. The van der Waals surface area contributed by atoms with E-state index in [1.807, 2.05) is 0 Å². The fourth-order valence-electron chi connectivity index (χ4n) is 3.14. The number of carbonyl (C=O) groups excluding carboxylic acids is 1. The second kappa shape index (κ2) is 2.95. The summed E-state index contributed by atoms with van der Waals surface area (Å²) in [7, 11) is 1.39. The molecule has 4 heteroatoms. The molecule has 2 fully saturated rings. The van der Waals surface area contributed by atoms with Gasteiger partial charge in [-0.15, -0.1) is 0 Å². The molecule has 1 saturated heterocycles. The minimum Gasteiger partial charge on any atom is -0.469 e. The number of nitrogens with one attached hydrogen (secondary N) is 1. The van der Waals surface area contributed by atoms with E-state index >= 15 is 0 Å². The zero-order valence-electron chi connectivity index (χ0n) is 9.59. The lowest BCUT2D eigenvalue weighted by Gasteiger charge is -2.61. The number of carbonyl (C=O) groups is 1. The molecule has 0 aromatic heterocycles. The molecule has 0 aromatic carbocycles. The van der Waals surface area contributed by atoms with Crippen molar-refractivity contribution < 1.29 is 14.6 Å². The molecule has 2 aliphatic rings. The number of methoxy groups -OCH3 is 1. The first-order valence-corrected chi connectivity index (χ1v) is 5.37. The summed E-state index contributed by atoms with van der Waals surface area (Å²) in [4.78, 5) is 11.8. The molecule has 0 aromatic rings. The molecule has 0 amide bonds. The molecule has 0 bridgehead atoms. The molecule has 1 heterocycles. The molecule has 0 spiro atoms. The van der Waals surface area contributed by atoms with Crippen molar-refractivity contribution in [2.75, 3.05) is 20.2 Å². The van der Waals surface area contributed by atoms with Crippen LogP contribution in [-0.4, -0.2) is 36.9 Å². The Morgan fingerprint density at radius 1 is 1.33 bits per heavy atom. The summed E-state index contributed by atoms with van der Waals surface area (Å²) < 4.78 is 4.85. The van der Waals surface area contributed by atoms with Gasteiger partial charge in [0, 0.05) is 13.1 Å². The zero-order chi connectivity index (χ0) is 11.3. The maximum atomic E-state index is 11.8. The molecule has 86 valence electrons. The summed E-state index contributed by atoms with van der Waals surface area (Å²) in [6, 6.07) is 0. The summed E-state index contributed by atoms with van der Waals surface area (Å²) >= 11 is 0. The first-order chi connectivity index (χ1) is 6.85. The van der Waals surface area contributed by atoms with Gasteiger partial charge in [-0.2, -0.15) is 0 Å². The predicted molar refractivity (Wildman–Crippen MR) is 55.3 cm³/mol. The van der Waals surface area contributed by atoms with Crippen molar-refractivity contribution in [3.05, 3.63) is 0 Å². The third kappa shape index (κ3) is 1.31. The van der Waals surface area contributed by atoms with E-state index in [4.69, 9.17) is 4.74 Å². The molecule has 2 N–H and O–H groups in total. The van der Waals surface area contributed by atoms with E-state index in [9.17, 15) is 9.90 Å². The summed E-state index contributed by atoms with van der Waals surface area (Å²) in [5, 5.41) is 13.4. The minimum absolute atomic E-state index is 0.138. The van der Waals surface area contributed by atoms with Crippen LogP contribution in [0.25, 0.3) is 0 Å². The first-order valence-electron chi connectivity index (χ1n) is 5.37. The van der Waals surface area contributed by atoms with Crippen molar-refractivity contribution in [1.82, 2.24) is 5.32 Å². The largest absolute Gasteiger partial charge is 0.469 e. The van der Waals surface area contributed by atoms with Gasteiger partial charge in [0.2, 0.25) is 0 Å². The van der Waals surface area contributed by atoms with Crippen LogP contribution < -0.4 is 5.32 Å². The van der Waals surface area contributed by atoms with Crippen LogP contribution in [0, 0.1) is 10.8 Å². The van der Waals surface area contributed by atoms with Gasteiger partial charge in [0.25, 0.3) is 0 Å². The first kappa shape index (κ1) is 10.9. The monoisotopic (exact) mass is 213 g/mol. The van der Waals surface area contributed by atoms with Crippen LogP contribution >= 0.6 is 0 Å². The van der Waals surface area contributed by atoms with Crippen LogP contribution in [0.2, 0.25) is 0 Å². The van der Waals surface area contributed by atoms with Gasteiger partial charge < -0.3 is 15.2 Å². The molecular formula is C11H19NO3. The summed E-state index contributed by atoms with van der Waals surface area (Å²) in [6.45, 7) is 5.23. The second-order valence-electron chi connectivity index (χ2n) is 5.73. The highest BCUT2D eigenvalue weighted by Crippen LogP contribution is 2.60. The third-order valence-electron chi connectivity index (χ3n) is 3.86. The van der Waals surface area contributed by atoms with Gasteiger partial charge in [0.1, 0.15) is 11.0 Å². The number of aliphatic hydroxyl groups is 1. The maximum Gasteiger partial charge on any atom is 0.314 e. The normalized spacial score (nSPS) is 29.9. The van der Waals surface area contributed by atoms with E-state index in [0.717, 1.165) is 0 Å². The van der Waals surface area contributed by atoms with E-state index in [0.29, 0.717) is 25.9 Å². The molecule has 2 rings (SSSR count). The fourth-order valence-corrected chi connectivity index (χ4v) is 3.14. The van der Waals surface area contributed by atoms with Gasteiger partial charge in [-0.25, -0.2) is 0 Å². The maximum absolute atomic E-state index is 11.8. The number of β-amino-alcohol motifs (C(OH)–C–C–N with tert-alkyl or cyclic N) is 1.